The van der Waals surface area contributed by atoms with E-state index in [1.54, 1.807) is 6.26 Å². The van der Waals surface area contributed by atoms with Crippen molar-refractivity contribution in [3.8, 4) is 0 Å². The summed E-state index contributed by atoms with van der Waals surface area (Å²) in [5.41, 5.74) is 14.6. The molecule has 22 heavy (non-hydrogen) atoms. The van der Waals surface area contributed by atoms with Gasteiger partial charge in [0, 0.05) is 11.9 Å². The predicted octanol–water partition coefficient (Wildman–Crippen LogP) is 1.74. The summed E-state index contributed by atoms with van der Waals surface area (Å²) in [4.78, 5) is 9.02. The van der Waals surface area contributed by atoms with Crippen LogP contribution >= 0.6 is 12.6 Å². The van der Waals surface area contributed by atoms with Gasteiger partial charge in [0.1, 0.15) is 17.9 Å². The maximum Gasteiger partial charge on any atom is 0.152 e. The zero-order valence-electron chi connectivity index (χ0n) is 12.4. The molecule has 0 saturated heterocycles. The normalized spacial score (nSPS) is 17.1. The summed E-state index contributed by atoms with van der Waals surface area (Å²) in [7, 11) is 0. The van der Waals surface area contributed by atoms with Crippen molar-refractivity contribution in [3.63, 3.8) is 0 Å². The largest absolute Gasteiger partial charge is 0.382 e. The average molecular weight is 317 g/mol. The molecule has 0 aliphatic carbocycles. The number of aromatic nitrogens is 3. The molecular weight excluding hydrogens is 298 g/mol. The van der Waals surface area contributed by atoms with Gasteiger partial charge in [-0.3, -0.25) is 0 Å². The maximum absolute atomic E-state index is 6.06. The molecule has 7 heteroatoms. The van der Waals surface area contributed by atoms with Gasteiger partial charge in [0.25, 0.3) is 0 Å². The lowest BCUT2D eigenvalue weighted by Gasteiger charge is -2.25. The summed E-state index contributed by atoms with van der Waals surface area (Å²) in [5.74, 6) is 1.32. The molecule has 1 aliphatic rings. The van der Waals surface area contributed by atoms with E-state index in [9.17, 15) is 0 Å². The fraction of sp³-hybridized carbons (Fsp3) is 0.333. The lowest BCUT2D eigenvalue weighted by Crippen LogP contribution is -2.29. The van der Waals surface area contributed by atoms with Gasteiger partial charge in [-0.15, -0.1) is 0 Å². The second-order valence-corrected chi connectivity index (χ2v) is 5.01. The van der Waals surface area contributed by atoms with Gasteiger partial charge in [-0.2, -0.15) is 12.6 Å². The number of nitrogen functional groups attached to an aromatic ring is 1. The Morgan fingerprint density at radius 2 is 2.09 bits per heavy atom. The zero-order valence-corrected chi connectivity index (χ0v) is 13.3. The van der Waals surface area contributed by atoms with E-state index >= 15 is 0 Å². The molecule has 1 atom stereocenters. The Bertz CT molecular complexity index is 816. The molecule has 0 bridgehead atoms. The van der Waals surface area contributed by atoms with Gasteiger partial charge in [0.15, 0.2) is 5.82 Å². The number of nitrogens with two attached hydrogens (primary N) is 2. The fourth-order valence-electron chi connectivity index (χ4n) is 2.90. The SMILES string of the molecule is CS.NC[C@H]1COCc2nc3c(N)nc4ccccc4c3n21. The van der Waals surface area contributed by atoms with E-state index in [2.05, 4.69) is 27.2 Å². The number of imidazole rings is 1. The van der Waals surface area contributed by atoms with E-state index < -0.39 is 0 Å². The molecule has 3 aromatic rings. The molecule has 6 nitrogen and oxygen atoms in total. The van der Waals surface area contributed by atoms with Gasteiger partial charge in [-0.1, -0.05) is 18.2 Å². The Hall–Kier alpha value is -1.83. The van der Waals surface area contributed by atoms with Crippen LogP contribution in [0.5, 0.6) is 0 Å². The van der Waals surface area contributed by atoms with Crippen molar-refractivity contribution in [1.29, 1.82) is 0 Å². The number of hydrogen-bond acceptors (Lipinski definition) is 6. The van der Waals surface area contributed by atoms with E-state index in [0.29, 0.717) is 25.6 Å². The Morgan fingerprint density at radius 3 is 2.86 bits per heavy atom. The number of thiol groups is 1. The first kappa shape index (κ1) is 15.1. The highest BCUT2D eigenvalue weighted by atomic mass is 32.1. The molecule has 116 valence electrons. The van der Waals surface area contributed by atoms with E-state index in [1.807, 2.05) is 24.3 Å². The van der Waals surface area contributed by atoms with Crippen molar-refractivity contribution in [2.45, 2.75) is 12.6 Å². The zero-order chi connectivity index (χ0) is 15.7. The number of nitrogens with zero attached hydrogens (tertiary/aromatic N) is 3. The van der Waals surface area contributed by atoms with Gasteiger partial charge < -0.3 is 20.8 Å². The topological polar surface area (TPSA) is 92.0 Å². The molecule has 1 aromatic carbocycles. The molecular formula is C15H19N5OS. The molecule has 0 fully saturated rings. The molecule has 0 saturated carbocycles. The lowest BCUT2D eigenvalue weighted by atomic mass is 10.1. The van der Waals surface area contributed by atoms with Crippen LogP contribution in [-0.4, -0.2) is 33.9 Å². The smallest absolute Gasteiger partial charge is 0.152 e. The second kappa shape index (κ2) is 6.12. The first-order chi connectivity index (χ1) is 10.8. The van der Waals surface area contributed by atoms with Crippen molar-refractivity contribution >= 4 is 40.4 Å². The average Bonchev–Trinajstić information content (AvgIpc) is 2.97. The first-order valence-electron chi connectivity index (χ1n) is 7.07. The number of para-hydroxylation sites is 1. The number of hydrogen-bond donors (Lipinski definition) is 3. The van der Waals surface area contributed by atoms with Crippen LogP contribution < -0.4 is 11.5 Å². The minimum Gasteiger partial charge on any atom is -0.382 e. The van der Waals surface area contributed by atoms with Crippen LogP contribution in [-0.2, 0) is 11.3 Å². The minimum absolute atomic E-state index is 0.0916. The summed E-state index contributed by atoms with van der Waals surface area (Å²) < 4.78 is 7.72. The molecule has 4 N–H and O–H groups in total. The molecule has 0 unspecified atom stereocenters. The second-order valence-electron chi connectivity index (χ2n) is 5.01. The van der Waals surface area contributed by atoms with Crippen LogP contribution in [0.4, 0.5) is 5.82 Å². The van der Waals surface area contributed by atoms with Crippen LogP contribution in [0.25, 0.3) is 21.9 Å². The van der Waals surface area contributed by atoms with Crippen molar-refractivity contribution in [2.75, 3.05) is 25.1 Å². The van der Waals surface area contributed by atoms with E-state index in [1.165, 1.54) is 0 Å². The summed E-state index contributed by atoms with van der Waals surface area (Å²) in [6.45, 7) is 1.60. The number of anilines is 1. The van der Waals surface area contributed by atoms with E-state index in [0.717, 1.165) is 27.8 Å². The van der Waals surface area contributed by atoms with Crippen LogP contribution in [0.2, 0.25) is 0 Å². The van der Waals surface area contributed by atoms with Crippen molar-refractivity contribution in [3.05, 3.63) is 30.1 Å². The Morgan fingerprint density at radius 1 is 1.32 bits per heavy atom. The Balaban J connectivity index is 0.000000693. The molecule has 0 amide bonds. The quantitative estimate of drug-likeness (QED) is 0.595. The van der Waals surface area contributed by atoms with Crippen molar-refractivity contribution in [2.24, 2.45) is 5.73 Å². The Labute approximate surface area is 133 Å². The highest BCUT2D eigenvalue weighted by molar-refractivity contribution is 7.79. The van der Waals surface area contributed by atoms with Gasteiger partial charge in [0.05, 0.1) is 23.7 Å². The summed E-state index contributed by atoms with van der Waals surface area (Å²) in [6, 6.07) is 8.05. The van der Waals surface area contributed by atoms with Crippen LogP contribution in [0.1, 0.15) is 11.9 Å². The highest BCUT2D eigenvalue weighted by Crippen LogP contribution is 2.32. The Kier molecular flexibility index (Phi) is 4.19. The fourth-order valence-corrected chi connectivity index (χ4v) is 2.90. The van der Waals surface area contributed by atoms with E-state index in [4.69, 9.17) is 16.2 Å². The lowest BCUT2D eigenvalue weighted by molar-refractivity contribution is 0.0592. The summed E-state index contributed by atoms with van der Waals surface area (Å²) in [5, 5.41) is 1.05. The molecule has 0 radical (unpaired) electrons. The van der Waals surface area contributed by atoms with Gasteiger partial charge in [-0.05, 0) is 12.3 Å². The predicted molar refractivity (Wildman–Crippen MR) is 92.1 cm³/mol. The minimum atomic E-state index is 0.0916. The third-order valence-corrected chi connectivity index (χ3v) is 3.81. The van der Waals surface area contributed by atoms with Gasteiger partial charge in [-0.25, -0.2) is 9.97 Å². The number of ether oxygens (including phenoxy) is 1. The third-order valence-electron chi connectivity index (χ3n) is 3.81. The summed E-state index contributed by atoms with van der Waals surface area (Å²) >= 11 is 3.53. The monoisotopic (exact) mass is 317 g/mol. The molecule has 3 heterocycles. The molecule has 1 aliphatic heterocycles. The maximum atomic E-state index is 6.06. The third kappa shape index (κ3) is 2.22. The standard InChI is InChI=1S/C14H15N5O.CH4S/c15-5-8-6-20-7-11-18-12-13(19(8)11)9-3-1-2-4-10(9)17-14(12)16;1-2/h1-4,8H,5-7,15H2,(H2,16,17);2H,1H3/t8-;/m0./s1. The molecule has 4 rings (SSSR count). The van der Waals surface area contributed by atoms with Crippen LogP contribution in [0, 0.1) is 0 Å². The summed E-state index contributed by atoms with van der Waals surface area (Å²) in [6.07, 6.45) is 1.69. The van der Waals surface area contributed by atoms with Crippen molar-refractivity contribution in [1.82, 2.24) is 14.5 Å². The number of benzene rings is 1. The van der Waals surface area contributed by atoms with Gasteiger partial charge in [0.2, 0.25) is 0 Å². The number of fused-ring (bicyclic) bond motifs is 5. The number of pyridine rings is 1. The van der Waals surface area contributed by atoms with Crippen LogP contribution in [0.3, 0.4) is 0 Å². The van der Waals surface area contributed by atoms with Crippen LogP contribution in [0.15, 0.2) is 24.3 Å². The van der Waals surface area contributed by atoms with Gasteiger partial charge >= 0.3 is 0 Å². The van der Waals surface area contributed by atoms with E-state index in [-0.39, 0.29) is 6.04 Å². The van der Waals surface area contributed by atoms with Crippen molar-refractivity contribution < 1.29 is 4.74 Å². The molecule has 2 aromatic heterocycles. The first-order valence-corrected chi connectivity index (χ1v) is 7.96. The molecule has 0 spiro atoms. The highest BCUT2D eigenvalue weighted by Gasteiger charge is 2.25. The number of rotatable bonds is 1.